The number of carbonyl (C=O) groups is 1. The van der Waals surface area contributed by atoms with Crippen LogP contribution in [0.5, 0.6) is 0 Å². The number of hydrogen-bond acceptors (Lipinski definition) is 4. The van der Waals surface area contributed by atoms with Gasteiger partial charge >= 0.3 is 6.18 Å². The van der Waals surface area contributed by atoms with Crippen molar-refractivity contribution in [1.82, 2.24) is 25.1 Å². The molecule has 2 aromatic heterocycles. The molecule has 136 valence electrons. The van der Waals surface area contributed by atoms with E-state index in [-0.39, 0.29) is 24.0 Å². The van der Waals surface area contributed by atoms with Gasteiger partial charge in [-0.25, -0.2) is 9.67 Å². The number of halogens is 3. The number of carbonyl (C=O) groups excluding carboxylic acids is 1. The molecule has 26 heavy (non-hydrogen) atoms. The molecule has 2 fully saturated rings. The molecule has 3 aliphatic carbocycles. The van der Waals surface area contributed by atoms with Crippen LogP contribution in [0.1, 0.15) is 47.9 Å². The van der Waals surface area contributed by atoms with Crippen molar-refractivity contribution in [2.75, 3.05) is 0 Å². The number of alkyl halides is 3. The Morgan fingerprint density at radius 2 is 2.12 bits per heavy atom. The zero-order chi connectivity index (χ0) is 18.3. The van der Waals surface area contributed by atoms with Crippen molar-refractivity contribution in [2.24, 2.45) is 5.92 Å². The molecule has 2 atom stereocenters. The van der Waals surface area contributed by atoms with Gasteiger partial charge < -0.3 is 5.32 Å². The maximum Gasteiger partial charge on any atom is 0.411 e. The monoisotopic (exact) mass is 363 g/mol. The van der Waals surface area contributed by atoms with Crippen molar-refractivity contribution in [1.29, 1.82) is 0 Å². The topological polar surface area (TPSA) is 72.7 Å². The molecule has 0 aliphatic heterocycles. The molecule has 9 heteroatoms. The molecule has 0 spiro atoms. The van der Waals surface area contributed by atoms with Gasteiger partial charge in [0, 0.05) is 23.4 Å². The fourth-order valence-corrected chi connectivity index (χ4v) is 4.15. The van der Waals surface area contributed by atoms with Crippen LogP contribution in [-0.2, 0) is 11.8 Å². The highest BCUT2D eigenvalue weighted by Gasteiger charge is 2.65. The SMILES string of the molecule is C[C@]12C[C@H]1Cc1c(C(=O)NC3(C(F)(F)F)CC3)nn(-c3cnccn3)c12. The van der Waals surface area contributed by atoms with E-state index in [1.165, 1.54) is 18.6 Å². The smallest absolute Gasteiger partial charge is 0.336 e. The van der Waals surface area contributed by atoms with Crippen LogP contribution in [0.3, 0.4) is 0 Å². The van der Waals surface area contributed by atoms with Crippen LogP contribution in [0.2, 0.25) is 0 Å². The molecule has 0 aromatic carbocycles. The van der Waals surface area contributed by atoms with E-state index in [1.807, 2.05) is 0 Å². The van der Waals surface area contributed by atoms with Gasteiger partial charge in [-0.3, -0.25) is 9.78 Å². The third-order valence-electron chi connectivity index (χ3n) is 6.01. The molecule has 6 nitrogen and oxygen atoms in total. The van der Waals surface area contributed by atoms with E-state index in [0.717, 1.165) is 17.7 Å². The zero-order valence-corrected chi connectivity index (χ0v) is 14.0. The molecule has 0 unspecified atom stereocenters. The van der Waals surface area contributed by atoms with Gasteiger partial charge in [-0.05, 0) is 31.6 Å². The number of nitrogens with zero attached hydrogens (tertiary/aromatic N) is 4. The number of aromatic nitrogens is 4. The van der Waals surface area contributed by atoms with Crippen LogP contribution in [0, 0.1) is 5.92 Å². The fourth-order valence-electron chi connectivity index (χ4n) is 4.15. The fraction of sp³-hybridized carbons (Fsp3) is 0.529. The summed E-state index contributed by atoms with van der Waals surface area (Å²) in [6.07, 6.45) is 1.61. The summed E-state index contributed by atoms with van der Waals surface area (Å²) in [7, 11) is 0. The lowest BCUT2D eigenvalue weighted by Gasteiger charge is -2.20. The molecular weight excluding hydrogens is 347 g/mol. The molecule has 2 aromatic rings. The maximum absolute atomic E-state index is 13.2. The van der Waals surface area contributed by atoms with E-state index >= 15 is 0 Å². The summed E-state index contributed by atoms with van der Waals surface area (Å²) in [4.78, 5) is 20.9. The van der Waals surface area contributed by atoms with E-state index in [0.29, 0.717) is 18.2 Å². The van der Waals surface area contributed by atoms with E-state index in [2.05, 4.69) is 27.3 Å². The molecule has 1 N–H and O–H groups in total. The van der Waals surface area contributed by atoms with Gasteiger partial charge in [0.05, 0.1) is 11.9 Å². The Morgan fingerprint density at radius 1 is 1.35 bits per heavy atom. The van der Waals surface area contributed by atoms with Gasteiger partial charge in [0.25, 0.3) is 5.91 Å². The minimum atomic E-state index is -4.45. The summed E-state index contributed by atoms with van der Waals surface area (Å²) >= 11 is 0. The lowest BCUT2D eigenvalue weighted by atomic mass is 10.0. The third kappa shape index (κ3) is 1.99. The van der Waals surface area contributed by atoms with Gasteiger partial charge in [0.2, 0.25) is 0 Å². The molecule has 3 aliphatic rings. The summed E-state index contributed by atoms with van der Waals surface area (Å²) in [5.74, 6) is 0.111. The van der Waals surface area contributed by atoms with Gasteiger partial charge in [0.15, 0.2) is 11.5 Å². The van der Waals surface area contributed by atoms with Crippen molar-refractivity contribution in [3.05, 3.63) is 35.5 Å². The van der Waals surface area contributed by atoms with Gasteiger partial charge in [-0.1, -0.05) is 6.92 Å². The number of nitrogens with one attached hydrogen (secondary N) is 1. The maximum atomic E-state index is 13.2. The first-order valence-corrected chi connectivity index (χ1v) is 8.53. The van der Waals surface area contributed by atoms with Crippen LogP contribution in [-0.4, -0.2) is 37.4 Å². The molecular formula is C17H16F3N5O. The van der Waals surface area contributed by atoms with Crippen molar-refractivity contribution in [3.8, 4) is 5.82 Å². The van der Waals surface area contributed by atoms with E-state index in [4.69, 9.17) is 0 Å². The van der Waals surface area contributed by atoms with Crippen LogP contribution in [0.25, 0.3) is 5.82 Å². The van der Waals surface area contributed by atoms with Gasteiger partial charge in [0.1, 0.15) is 5.54 Å². The van der Waals surface area contributed by atoms with Crippen LogP contribution >= 0.6 is 0 Å². The second-order valence-electron chi connectivity index (χ2n) is 7.71. The molecule has 2 heterocycles. The standard InChI is InChI=1S/C17H16F3N5O/c1-15-7-9(15)6-10-12(14(26)23-16(2-3-16)17(18,19)20)24-25(13(10)15)11-8-21-4-5-22-11/h4-5,8-9H,2-3,6-7H2,1H3,(H,23,26)/t9-,15+/m1/s1. The normalized spacial score (nSPS) is 27.6. The summed E-state index contributed by atoms with van der Waals surface area (Å²) in [6, 6.07) is 0. The van der Waals surface area contributed by atoms with Gasteiger partial charge in [-0.2, -0.15) is 18.3 Å². The molecule has 0 saturated heterocycles. The van der Waals surface area contributed by atoms with Gasteiger partial charge in [-0.15, -0.1) is 0 Å². The first-order chi connectivity index (χ1) is 12.3. The Balaban J connectivity index is 1.56. The van der Waals surface area contributed by atoms with Crippen molar-refractivity contribution in [2.45, 2.75) is 49.7 Å². The molecule has 5 rings (SSSR count). The first kappa shape index (κ1) is 15.8. The van der Waals surface area contributed by atoms with Crippen molar-refractivity contribution in [3.63, 3.8) is 0 Å². The summed E-state index contributed by atoms with van der Waals surface area (Å²) in [5, 5.41) is 6.54. The third-order valence-corrected chi connectivity index (χ3v) is 6.01. The summed E-state index contributed by atoms with van der Waals surface area (Å²) in [6.45, 7) is 2.10. The largest absolute Gasteiger partial charge is 0.411 e. The van der Waals surface area contributed by atoms with Crippen LogP contribution < -0.4 is 5.32 Å². The number of rotatable bonds is 3. The Bertz CT molecular complexity index is 918. The Labute approximate surface area is 146 Å². The quantitative estimate of drug-likeness (QED) is 0.908. The summed E-state index contributed by atoms with van der Waals surface area (Å²) in [5.41, 5.74) is -0.497. The second kappa shape index (κ2) is 4.63. The van der Waals surface area contributed by atoms with E-state index in [9.17, 15) is 18.0 Å². The van der Waals surface area contributed by atoms with Crippen LogP contribution in [0.15, 0.2) is 18.6 Å². The predicted molar refractivity (Wildman–Crippen MR) is 83.8 cm³/mol. The number of hydrogen-bond donors (Lipinski definition) is 1. The van der Waals surface area contributed by atoms with Crippen molar-refractivity contribution < 1.29 is 18.0 Å². The highest BCUT2D eigenvalue weighted by Crippen LogP contribution is 2.62. The Kier molecular flexibility index (Phi) is 2.81. The minimum absolute atomic E-state index is 0.0783. The first-order valence-electron chi connectivity index (χ1n) is 8.53. The highest BCUT2D eigenvalue weighted by atomic mass is 19.4. The lowest BCUT2D eigenvalue weighted by Crippen LogP contribution is -2.48. The van der Waals surface area contributed by atoms with E-state index in [1.54, 1.807) is 4.68 Å². The van der Waals surface area contributed by atoms with Crippen LogP contribution in [0.4, 0.5) is 13.2 Å². The molecule has 1 amide bonds. The van der Waals surface area contributed by atoms with E-state index < -0.39 is 17.6 Å². The Morgan fingerprint density at radius 3 is 2.73 bits per heavy atom. The molecule has 0 radical (unpaired) electrons. The average molecular weight is 363 g/mol. The second-order valence-corrected chi connectivity index (χ2v) is 7.71. The molecule has 0 bridgehead atoms. The lowest BCUT2D eigenvalue weighted by molar-refractivity contribution is -0.163. The van der Waals surface area contributed by atoms with Crippen molar-refractivity contribution >= 4 is 5.91 Å². The number of amides is 1. The summed E-state index contributed by atoms with van der Waals surface area (Å²) < 4.78 is 41.1. The number of fused-ring (bicyclic) bond motifs is 3. The predicted octanol–water partition coefficient (Wildman–Crippen LogP) is 2.32. The minimum Gasteiger partial charge on any atom is -0.336 e. The zero-order valence-electron chi connectivity index (χ0n) is 14.0. The Hall–Kier alpha value is -2.45. The molecule has 2 saturated carbocycles. The highest BCUT2D eigenvalue weighted by molar-refractivity contribution is 5.95. The average Bonchev–Trinajstić information content (AvgIpc) is 3.43.